The van der Waals surface area contributed by atoms with Gasteiger partial charge in [0.25, 0.3) is 0 Å². The smallest absolute Gasteiger partial charge is 0.122 e. The Labute approximate surface area is 124 Å². The lowest BCUT2D eigenvalue weighted by Gasteiger charge is -2.21. The third-order valence-corrected chi connectivity index (χ3v) is 4.48. The lowest BCUT2D eigenvalue weighted by molar-refractivity contribution is 0.315. The lowest BCUT2D eigenvalue weighted by atomic mass is 9.86. The molecular formula is C17H18ClNO. The number of aryl methyl sites for hydroxylation is 2. The zero-order chi connectivity index (χ0) is 14.3. The summed E-state index contributed by atoms with van der Waals surface area (Å²) in [7, 11) is 0. The first-order valence-corrected chi connectivity index (χ1v) is 7.19. The fourth-order valence-corrected chi connectivity index (χ4v) is 3.08. The molecule has 0 amide bonds. The van der Waals surface area contributed by atoms with E-state index in [1.807, 2.05) is 31.2 Å². The van der Waals surface area contributed by atoms with Crippen LogP contribution >= 0.6 is 11.6 Å². The summed E-state index contributed by atoms with van der Waals surface area (Å²) in [6.45, 7) is 4.71. The Morgan fingerprint density at radius 3 is 2.75 bits per heavy atom. The van der Waals surface area contributed by atoms with Crippen molar-refractivity contribution >= 4 is 11.6 Å². The van der Waals surface area contributed by atoms with Gasteiger partial charge in [-0.15, -0.1) is 0 Å². The van der Waals surface area contributed by atoms with E-state index in [2.05, 4.69) is 19.1 Å². The normalized spacial score (nSPS) is 18.5. The maximum Gasteiger partial charge on any atom is 0.122 e. The molecular weight excluding hydrogens is 270 g/mol. The predicted octanol–water partition coefficient (Wildman–Crippen LogP) is 4.13. The average molecular weight is 288 g/mol. The Hall–Kier alpha value is -1.51. The number of ether oxygens (including phenoxy) is 1. The third kappa shape index (κ3) is 2.19. The van der Waals surface area contributed by atoms with Gasteiger partial charge in [0.05, 0.1) is 6.61 Å². The van der Waals surface area contributed by atoms with Crippen LogP contribution in [0.25, 0.3) is 0 Å². The van der Waals surface area contributed by atoms with Crippen molar-refractivity contribution in [2.75, 3.05) is 6.61 Å². The largest absolute Gasteiger partial charge is 0.493 e. The van der Waals surface area contributed by atoms with Gasteiger partial charge in [0.1, 0.15) is 5.75 Å². The first-order valence-electron chi connectivity index (χ1n) is 6.82. The van der Waals surface area contributed by atoms with E-state index in [9.17, 15) is 0 Å². The molecule has 1 heterocycles. The number of benzene rings is 2. The van der Waals surface area contributed by atoms with Crippen LogP contribution in [-0.4, -0.2) is 6.61 Å². The van der Waals surface area contributed by atoms with Gasteiger partial charge in [0.15, 0.2) is 0 Å². The number of hydrogen-bond acceptors (Lipinski definition) is 2. The molecule has 3 rings (SSSR count). The van der Waals surface area contributed by atoms with Crippen LogP contribution in [0.1, 0.15) is 34.2 Å². The van der Waals surface area contributed by atoms with Crippen molar-refractivity contribution in [3.8, 4) is 5.75 Å². The zero-order valence-corrected chi connectivity index (χ0v) is 12.4. The Balaban J connectivity index is 1.98. The quantitative estimate of drug-likeness (QED) is 0.901. The van der Waals surface area contributed by atoms with Crippen molar-refractivity contribution in [2.24, 2.45) is 5.73 Å². The number of nitrogens with two attached hydrogens (primary N) is 1. The molecule has 0 aliphatic carbocycles. The molecule has 2 nitrogen and oxygen atoms in total. The summed E-state index contributed by atoms with van der Waals surface area (Å²) >= 11 is 6.17. The first kappa shape index (κ1) is 13.5. The molecule has 104 valence electrons. The minimum absolute atomic E-state index is 0.0744. The highest BCUT2D eigenvalue weighted by Crippen LogP contribution is 2.41. The maximum atomic E-state index is 6.51. The van der Waals surface area contributed by atoms with Gasteiger partial charge in [0, 0.05) is 22.5 Å². The zero-order valence-electron chi connectivity index (χ0n) is 11.7. The maximum absolute atomic E-state index is 6.51. The Morgan fingerprint density at radius 2 is 1.95 bits per heavy atom. The molecule has 2 aromatic rings. The molecule has 1 aliphatic rings. The minimum Gasteiger partial charge on any atom is -0.493 e. The van der Waals surface area contributed by atoms with Gasteiger partial charge >= 0.3 is 0 Å². The highest BCUT2D eigenvalue weighted by Gasteiger charge is 2.30. The molecule has 1 aliphatic heterocycles. The van der Waals surface area contributed by atoms with E-state index in [1.165, 1.54) is 5.56 Å². The molecule has 0 saturated carbocycles. The van der Waals surface area contributed by atoms with Gasteiger partial charge < -0.3 is 10.5 Å². The lowest BCUT2D eigenvalue weighted by Crippen LogP contribution is -2.22. The van der Waals surface area contributed by atoms with Crippen molar-refractivity contribution in [1.82, 2.24) is 0 Å². The van der Waals surface area contributed by atoms with Crippen LogP contribution in [0.15, 0.2) is 36.4 Å². The number of halogens is 1. The van der Waals surface area contributed by atoms with Crippen molar-refractivity contribution in [1.29, 1.82) is 0 Å². The van der Waals surface area contributed by atoms with Crippen LogP contribution in [0.4, 0.5) is 0 Å². The van der Waals surface area contributed by atoms with Crippen molar-refractivity contribution in [2.45, 2.75) is 25.8 Å². The van der Waals surface area contributed by atoms with E-state index in [1.54, 1.807) is 0 Å². The summed E-state index contributed by atoms with van der Waals surface area (Å²) in [6.07, 6.45) is 0. The topological polar surface area (TPSA) is 35.2 Å². The van der Waals surface area contributed by atoms with E-state index < -0.39 is 0 Å². The van der Waals surface area contributed by atoms with Crippen molar-refractivity contribution in [3.05, 3.63) is 63.7 Å². The fraction of sp³-hybridized carbons (Fsp3) is 0.294. The van der Waals surface area contributed by atoms with Gasteiger partial charge in [0.2, 0.25) is 0 Å². The second-order valence-electron chi connectivity index (χ2n) is 5.44. The second kappa shape index (κ2) is 5.12. The summed E-state index contributed by atoms with van der Waals surface area (Å²) in [5, 5.41) is 0.793. The van der Waals surface area contributed by atoms with E-state index in [-0.39, 0.29) is 12.0 Å². The van der Waals surface area contributed by atoms with Crippen molar-refractivity contribution < 1.29 is 4.74 Å². The standard InChI is InChI=1S/C17H18ClNO/c1-10-8-15(18)11(2)7-13(10)17(19)14-9-20-16-6-4-3-5-12(14)16/h3-8,14,17H,9,19H2,1-2H3. The molecule has 0 saturated heterocycles. The molecule has 2 unspecified atom stereocenters. The SMILES string of the molecule is Cc1cc(C(N)C2COc3ccccc32)c(C)cc1Cl. The molecule has 2 atom stereocenters. The monoisotopic (exact) mass is 287 g/mol. The van der Waals surface area contributed by atoms with Gasteiger partial charge in [-0.3, -0.25) is 0 Å². The number of rotatable bonds is 2. The molecule has 20 heavy (non-hydrogen) atoms. The van der Waals surface area contributed by atoms with E-state index >= 15 is 0 Å². The highest BCUT2D eigenvalue weighted by atomic mass is 35.5. The number of para-hydroxylation sites is 1. The fourth-order valence-electron chi connectivity index (χ4n) is 2.86. The number of hydrogen-bond donors (Lipinski definition) is 1. The molecule has 0 fully saturated rings. The van der Waals surface area contributed by atoms with Crippen LogP contribution in [-0.2, 0) is 0 Å². The van der Waals surface area contributed by atoms with Crippen LogP contribution < -0.4 is 10.5 Å². The Bertz CT molecular complexity index is 653. The molecule has 3 heteroatoms. The van der Waals surface area contributed by atoms with Crippen LogP contribution in [0.3, 0.4) is 0 Å². The molecule has 0 bridgehead atoms. The molecule has 0 radical (unpaired) electrons. The van der Waals surface area contributed by atoms with E-state index in [0.29, 0.717) is 6.61 Å². The second-order valence-corrected chi connectivity index (χ2v) is 5.85. The van der Waals surface area contributed by atoms with Gasteiger partial charge in [-0.2, -0.15) is 0 Å². The van der Waals surface area contributed by atoms with Gasteiger partial charge in [-0.25, -0.2) is 0 Å². The predicted molar refractivity (Wildman–Crippen MR) is 82.5 cm³/mol. The highest BCUT2D eigenvalue weighted by molar-refractivity contribution is 6.31. The first-order chi connectivity index (χ1) is 9.58. The van der Waals surface area contributed by atoms with E-state index in [0.717, 1.165) is 27.5 Å². The summed E-state index contributed by atoms with van der Waals surface area (Å²) in [6, 6.07) is 12.1. The summed E-state index contributed by atoms with van der Waals surface area (Å²) in [4.78, 5) is 0. The molecule has 0 spiro atoms. The average Bonchev–Trinajstić information content (AvgIpc) is 2.86. The number of fused-ring (bicyclic) bond motifs is 1. The third-order valence-electron chi connectivity index (χ3n) is 4.08. The Morgan fingerprint density at radius 1 is 1.20 bits per heavy atom. The molecule has 2 aromatic carbocycles. The van der Waals surface area contributed by atoms with Crippen LogP contribution in [0.5, 0.6) is 5.75 Å². The van der Waals surface area contributed by atoms with Gasteiger partial charge in [-0.1, -0.05) is 35.9 Å². The summed E-state index contributed by atoms with van der Waals surface area (Å²) in [5.41, 5.74) is 11.1. The van der Waals surface area contributed by atoms with E-state index in [4.69, 9.17) is 22.1 Å². The minimum atomic E-state index is -0.0744. The Kier molecular flexibility index (Phi) is 3.45. The van der Waals surface area contributed by atoms with Gasteiger partial charge in [-0.05, 0) is 42.7 Å². The summed E-state index contributed by atoms with van der Waals surface area (Å²) in [5.74, 6) is 1.15. The summed E-state index contributed by atoms with van der Waals surface area (Å²) < 4.78 is 5.74. The van der Waals surface area contributed by atoms with Crippen LogP contribution in [0, 0.1) is 13.8 Å². The molecule has 2 N–H and O–H groups in total. The van der Waals surface area contributed by atoms with Crippen molar-refractivity contribution in [3.63, 3.8) is 0 Å². The van der Waals surface area contributed by atoms with Crippen LogP contribution in [0.2, 0.25) is 5.02 Å². The molecule has 0 aromatic heterocycles.